The van der Waals surface area contributed by atoms with Gasteiger partial charge in [0.25, 0.3) is 0 Å². The fraction of sp³-hybridized carbons (Fsp3) is 0.0588. The summed E-state index contributed by atoms with van der Waals surface area (Å²) >= 11 is 7.52. The topological polar surface area (TPSA) is 84.0 Å². The second-order valence-electron chi connectivity index (χ2n) is 5.71. The van der Waals surface area contributed by atoms with E-state index in [0.29, 0.717) is 26.8 Å². The van der Waals surface area contributed by atoms with Crippen molar-refractivity contribution in [1.29, 1.82) is 0 Å². The highest BCUT2D eigenvalue weighted by Gasteiger charge is 2.34. The summed E-state index contributed by atoms with van der Waals surface area (Å²) in [6, 6.07) is 9.36. The van der Waals surface area contributed by atoms with Crippen LogP contribution in [-0.2, 0) is 0 Å². The number of hydrogen-bond acceptors (Lipinski definition) is 6. The summed E-state index contributed by atoms with van der Waals surface area (Å²) in [6.45, 7) is 7.84. The second kappa shape index (κ2) is 5.69. The standard InChI is InChI=1S/C17H9ClN6OS/c1-19-16-13(8-3-2-4-10-14(8)24-25-23-10)9-7-20-22-17(9)21-15(16)11-5-6-12(18)26-11/h2-7,13H,(H2,20,21,22). The van der Waals surface area contributed by atoms with Crippen molar-refractivity contribution in [3.63, 3.8) is 0 Å². The summed E-state index contributed by atoms with van der Waals surface area (Å²) in [4.78, 5) is 4.74. The van der Waals surface area contributed by atoms with Crippen molar-refractivity contribution in [2.75, 3.05) is 5.32 Å². The molecule has 4 aromatic rings. The van der Waals surface area contributed by atoms with Crippen LogP contribution in [-0.4, -0.2) is 20.5 Å². The van der Waals surface area contributed by atoms with Crippen molar-refractivity contribution in [1.82, 2.24) is 20.5 Å². The highest BCUT2D eigenvalue weighted by atomic mass is 35.5. The van der Waals surface area contributed by atoms with Crippen LogP contribution in [0.25, 0.3) is 21.6 Å². The third-order valence-corrected chi connectivity index (χ3v) is 5.58. The number of benzene rings is 1. The number of fused-ring (bicyclic) bond motifs is 2. The molecule has 7 nitrogen and oxygen atoms in total. The molecule has 0 spiro atoms. The number of aromatic amines is 1. The van der Waals surface area contributed by atoms with Crippen LogP contribution in [0.2, 0.25) is 4.34 Å². The van der Waals surface area contributed by atoms with Gasteiger partial charge in [-0.2, -0.15) is 5.10 Å². The predicted octanol–water partition coefficient (Wildman–Crippen LogP) is 4.51. The number of thiophene rings is 1. The van der Waals surface area contributed by atoms with Crippen molar-refractivity contribution in [2.24, 2.45) is 0 Å². The molecule has 26 heavy (non-hydrogen) atoms. The van der Waals surface area contributed by atoms with Gasteiger partial charge in [-0.3, -0.25) is 5.10 Å². The normalized spacial score (nSPS) is 16.4. The van der Waals surface area contributed by atoms with Gasteiger partial charge < -0.3 is 5.32 Å². The SMILES string of the molecule is [C-]#[N+]C1=C(c2ccc(Cl)s2)Nc2[nH]ncc2C1c1cccc2nonc12. The van der Waals surface area contributed by atoms with Gasteiger partial charge in [0.15, 0.2) is 0 Å². The summed E-state index contributed by atoms with van der Waals surface area (Å²) in [5, 5.41) is 18.4. The average Bonchev–Trinajstić information content (AvgIpc) is 3.39. The van der Waals surface area contributed by atoms with Gasteiger partial charge in [0.05, 0.1) is 28.7 Å². The molecule has 1 aromatic carbocycles. The zero-order valence-electron chi connectivity index (χ0n) is 13.0. The van der Waals surface area contributed by atoms with Crippen LogP contribution >= 0.6 is 22.9 Å². The Bertz CT molecular complexity index is 1210. The minimum atomic E-state index is -0.339. The number of anilines is 1. The summed E-state index contributed by atoms with van der Waals surface area (Å²) in [5.41, 5.74) is 4.27. The van der Waals surface area contributed by atoms with E-state index in [1.165, 1.54) is 11.3 Å². The number of halogens is 1. The van der Waals surface area contributed by atoms with Crippen molar-refractivity contribution in [3.8, 4) is 0 Å². The van der Waals surface area contributed by atoms with Crippen molar-refractivity contribution >= 4 is 45.5 Å². The van der Waals surface area contributed by atoms with Crippen molar-refractivity contribution in [3.05, 3.63) is 74.0 Å². The predicted molar refractivity (Wildman–Crippen MR) is 98.7 cm³/mol. The number of nitrogens with zero attached hydrogens (tertiary/aromatic N) is 4. The maximum absolute atomic E-state index is 7.84. The van der Waals surface area contributed by atoms with E-state index < -0.39 is 0 Å². The average molecular weight is 381 g/mol. The number of rotatable bonds is 2. The zero-order chi connectivity index (χ0) is 17.7. The Morgan fingerprint density at radius 3 is 2.92 bits per heavy atom. The molecular formula is C17H9ClN6OS. The Labute approximate surface area is 156 Å². The van der Waals surface area contributed by atoms with Gasteiger partial charge >= 0.3 is 0 Å². The molecule has 0 amide bonds. The summed E-state index contributed by atoms with van der Waals surface area (Å²) < 4.78 is 5.56. The molecule has 2 N–H and O–H groups in total. The van der Waals surface area contributed by atoms with E-state index in [9.17, 15) is 0 Å². The van der Waals surface area contributed by atoms with Crippen LogP contribution in [0.5, 0.6) is 0 Å². The molecule has 0 aliphatic carbocycles. The van der Waals surface area contributed by atoms with Crippen LogP contribution in [0.1, 0.15) is 21.9 Å². The molecule has 3 aromatic heterocycles. The summed E-state index contributed by atoms with van der Waals surface area (Å²) in [6.07, 6.45) is 1.72. The number of H-pyrrole nitrogens is 1. The number of hydrogen-bond donors (Lipinski definition) is 2. The van der Waals surface area contributed by atoms with Gasteiger partial charge in [-0.1, -0.05) is 23.7 Å². The fourth-order valence-corrected chi connectivity index (χ4v) is 4.28. The lowest BCUT2D eigenvalue weighted by atomic mass is 9.86. The monoisotopic (exact) mass is 380 g/mol. The zero-order valence-corrected chi connectivity index (χ0v) is 14.6. The third kappa shape index (κ3) is 2.15. The molecule has 126 valence electrons. The van der Waals surface area contributed by atoms with E-state index in [-0.39, 0.29) is 5.92 Å². The smallest absolute Gasteiger partial charge is 0.201 e. The first-order valence-corrected chi connectivity index (χ1v) is 8.84. The summed E-state index contributed by atoms with van der Waals surface area (Å²) in [7, 11) is 0. The number of allylic oxidation sites excluding steroid dienone is 1. The van der Waals surface area contributed by atoms with Crippen LogP contribution in [0.15, 0.2) is 46.9 Å². The fourth-order valence-electron chi connectivity index (χ4n) is 3.23. The molecule has 0 saturated carbocycles. The van der Waals surface area contributed by atoms with Crippen molar-refractivity contribution < 1.29 is 4.63 Å². The lowest BCUT2D eigenvalue weighted by Crippen LogP contribution is -2.16. The largest absolute Gasteiger partial charge is 0.349 e. The van der Waals surface area contributed by atoms with Gasteiger partial charge in [-0.05, 0) is 34.1 Å². The number of aromatic nitrogens is 4. The minimum Gasteiger partial charge on any atom is -0.349 e. The van der Waals surface area contributed by atoms with Crippen molar-refractivity contribution in [2.45, 2.75) is 5.92 Å². The minimum absolute atomic E-state index is 0.339. The molecule has 1 aliphatic heterocycles. The van der Waals surface area contributed by atoms with E-state index in [4.69, 9.17) is 22.8 Å². The van der Waals surface area contributed by atoms with E-state index in [2.05, 4.69) is 30.7 Å². The molecule has 5 rings (SSSR count). The Balaban J connectivity index is 1.80. The molecule has 1 unspecified atom stereocenters. The van der Waals surface area contributed by atoms with E-state index >= 15 is 0 Å². The molecule has 0 radical (unpaired) electrons. The van der Waals surface area contributed by atoms with Gasteiger partial charge in [0.1, 0.15) is 16.9 Å². The second-order valence-corrected chi connectivity index (χ2v) is 7.43. The maximum Gasteiger partial charge on any atom is 0.201 e. The molecule has 0 bridgehead atoms. The molecule has 4 heterocycles. The maximum atomic E-state index is 7.84. The molecular weight excluding hydrogens is 372 g/mol. The highest BCUT2D eigenvalue weighted by Crippen LogP contribution is 2.46. The lowest BCUT2D eigenvalue weighted by Gasteiger charge is -2.25. The first kappa shape index (κ1) is 15.1. The Morgan fingerprint density at radius 1 is 1.19 bits per heavy atom. The van der Waals surface area contributed by atoms with Crippen LogP contribution in [0, 0.1) is 6.57 Å². The third-order valence-electron chi connectivity index (χ3n) is 4.33. The lowest BCUT2D eigenvalue weighted by molar-refractivity contribution is 0.315. The molecule has 9 heteroatoms. The quantitative estimate of drug-likeness (QED) is 0.500. The molecule has 1 atom stereocenters. The Kier molecular flexibility index (Phi) is 3.31. The summed E-state index contributed by atoms with van der Waals surface area (Å²) in [5.74, 6) is 0.407. The van der Waals surface area contributed by atoms with Gasteiger partial charge in [-0.25, -0.2) is 9.47 Å². The van der Waals surface area contributed by atoms with Crippen LogP contribution in [0.4, 0.5) is 5.82 Å². The molecule has 1 aliphatic rings. The van der Waals surface area contributed by atoms with Gasteiger partial charge in [0.2, 0.25) is 5.70 Å². The van der Waals surface area contributed by atoms with Crippen LogP contribution < -0.4 is 5.32 Å². The first-order chi connectivity index (χ1) is 12.8. The van der Waals surface area contributed by atoms with E-state index in [1.54, 1.807) is 6.20 Å². The van der Waals surface area contributed by atoms with Crippen LogP contribution in [0.3, 0.4) is 0 Å². The molecule has 0 saturated heterocycles. The Morgan fingerprint density at radius 2 is 2.12 bits per heavy atom. The van der Waals surface area contributed by atoms with Gasteiger partial charge in [-0.15, -0.1) is 11.3 Å². The van der Waals surface area contributed by atoms with E-state index in [0.717, 1.165) is 21.8 Å². The highest BCUT2D eigenvalue weighted by molar-refractivity contribution is 7.17. The first-order valence-electron chi connectivity index (χ1n) is 7.65. The number of nitrogens with one attached hydrogen (secondary N) is 2. The van der Waals surface area contributed by atoms with Gasteiger partial charge in [0, 0.05) is 10.4 Å². The van der Waals surface area contributed by atoms with E-state index in [1.807, 2.05) is 30.3 Å². The molecule has 0 fully saturated rings. The Hall–Kier alpha value is -3.15.